The van der Waals surface area contributed by atoms with E-state index in [0.29, 0.717) is 0 Å². The minimum atomic E-state index is -0.560. The van der Waals surface area contributed by atoms with Crippen LogP contribution in [0.4, 0.5) is 0 Å². The van der Waals surface area contributed by atoms with Crippen LogP contribution in [0, 0.1) is 0 Å². The molecule has 0 N–H and O–H groups in total. The first kappa shape index (κ1) is 6.36. The summed E-state index contributed by atoms with van der Waals surface area (Å²) in [5.41, 5.74) is 0. The van der Waals surface area contributed by atoms with Gasteiger partial charge in [0, 0.05) is 0 Å². The second-order valence-electron chi connectivity index (χ2n) is 1.47. The molecule has 0 aliphatic rings. The summed E-state index contributed by atoms with van der Waals surface area (Å²) < 4.78 is 1.39. The molecule has 0 nitrogen and oxygen atoms in total. The topological polar surface area (TPSA) is 0 Å². The van der Waals surface area contributed by atoms with Crippen LogP contribution in [-0.2, 0) is 0 Å². The third-order valence-corrected chi connectivity index (χ3v) is 4.10. The molecule has 1 rings (SSSR count). The maximum atomic E-state index is 4.99. The van der Waals surface area contributed by atoms with E-state index in [-0.39, 0.29) is 0 Å². The maximum absolute atomic E-state index is 4.99. The van der Waals surface area contributed by atoms with E-state index in [9.17, 15) is 0 Å². The van der Waals surface area contributed by atoms with E-state index in [1.807, 2.05) is 18.2 Å². The zero-order valence-electron chi connectivity index (χ0n) is 4.29. The Morgan fingerprint density at radius 3 is 2.12 bits per heavy atom. The van der Waals surface area contributed by atoms with Crippen molar-refractivity contribution >= 4 is 32.1 Å². The van der Waals surface area contributed by atoms with E-state index in [4.69, 9.17) is 9.29 Å². The summed E-state index contributed by atoms with van der Waals surface area (Å²) in [4.78, 5) is 0. The molecule has 0 unspecified atom stereocenters. The molecule has 2 heteroatoms. The molecular formula is C6H5SSn. The molecule has 0 atom stereocenters. The molecule has 39 valence electrons. The van der Waals surface area contributed by atoms with E-state index >= 15 is 0 Å². The monoisotopic (exact) mass is 229 g/mol. The zero-order chi connectivity index (χ0) is 5.82. The summed E-state index contributed by atoms with van der Waals surface area (Å²) in [5.74, 6) is 0. The minimum absolute atomic E-state index is 0.560. The molecule has 0 saturated heterocycles. The number of rotatable bonds is 1. The van der Waals surface area contributed by atoms with Crippen LogP contribution in [0.3, 0.4) is 0 Å². The van der Waals surface area contributed by atoms with Gasteiger partial charge in [0.1, 0.15) is 0 Å². The number of hydrogen-bond acceptors (Lipinski definition) is 1. The fourth-order valence-electron chi connectivity index (χ4n) is 0.506. The fraction of sp³-hybridized carbons (Fsp3) is 0. The van der Waals surface area contributed by atoms with Crippen molar-refractivity contribution in [2.75, 3.05) is 0 Å². The number of hydrogen-bond donors (Lipinski definition) is 0. The first-order valence-electron chi connectivity index (χ1n) is 2.36. The molecule has 0 amide bonds. The molecule has 0 heterocycles. The number of benzene rings is 1. The summed E-state index contributed by atoms with van der Waals surface area (Å²) in [6.07, 6.45) is 0. The van der Waals surface area contributed by atoms with Crippen LogP contribution < -0.4 is 3.58 Å². The second kappa shape index (κ2) is 3.30. The average molecular weight is 228 g/mol. The van der Waals surface area contributed by atoms with Crippen molar-refractivity contribution in [1.29, 1.82) is 0 Å². The molecule has 1 aromatic carbocycles. The molecule has 0 fully saturated rings. The molecule has 1 radical (unpaired) electrons. The van der Waals surface area contributed by atoms with E-state index in [0.717, 1.165) is 0 Å². The van der Waals surface area contributed by atoms with Crippen LogP contribution in [-0.4, -0.2) is 19.2 Å². The van der Waals surface area contributed by atoms with Gasteiger partial charge >= 0.3 is 62.4 Å². The van der Waals surface area contributed by atoms with Crippen LogP contribution >= 0.6 is 9.29 Å². The molecule has 0 saturated carbocycles. The van der Waals surface area contributed by atoms with Crippen molar-refractivity contribution in [2.24, 2.45) is 0 Å². The predicted octanol–water partition coefficient (Wildman–Crippen LogP) is 1.13. The summed E-state index contributed by atoms with van der Waals surface area (Å²) >= 11 is -0.560. The van der Waals surface area contributed by atoms with Crippen LogP contribution in [0.25, 0.3) is 0 Å². The van der Waals surface area contributed by atoms with E-state index in [1.54, 1.807) is 0 Å². The van der Waals surface area contributed by atoms with Crippen LogP contribution in [0.15, 0.2) is 30.3 Å². The Hall–Kier alpha value is 0.239. The Bertz CT molecular complexity index is 171. The summed E-state index contributed by atoms with van der Waals surface area (Å²) in [6, 6.07) is 10.3. The molecule has 0 aliphatic carbocycles. The molecule has 0 aliphatic heterocycles. The van der Waals surface area contributed by atoms with E-state index in [2.05, 4.69) is 12.1 Å². The Morgan fingerprint density at radius 2 is 1.75 bits per heavy atom. The van der Waals surface area contributed by atoms with Gasteiger partial charge in [0.25, 0.3) is 0 Å². The average Bonchev–Trinajstić information content (AvgIpc) is 1.90. The van der Waals surface area contributed by atoms with Gasteiger partial charge in [-0.3, -0.25) is 0 Å². The van der Waals surface area contributed by atoms with Gasteiger partial charge in [-0.05, 0) is 0 Å². The van der Waals surface area contributed by atoms with Crippen molar-refractivity contribution in [1.82, 2.24) is 0 Å². The van der Waals surface area contributed by atoms with Gasteiger partial charge in [-0.25, -0.2) is 0 Å². The molecule has 8 heavy (non-hydrogen) atoms. The van der Waals surface area contributed by atoms with Gasteiger partial charge in [-0.1, -0.05) is 0 Å². The third kappa shape index (κ3) is 1.63. The van der Waals surface area contributed by atoms with E-state index < -0.39 is 19.2 Å². The molecule has 0 bridgehead atoms. The quantitative estimate of drug-likeness (QED) is 0.649. The second-order valence-corrected chi connectivity index (χ2v) is 5.07. The predicted molar refractivity (Wildman–Crippen MR) is 39.4 cm³/mol. The van der Waals surface area contributed by atoms with Crippen LogP contribution in [0.5, 0.6) is 0 Å². The molecular weight excluding hydrogens is 223 g/mol. The van der Waals surface area contributed by atoms with Gasteiger partial charge in [-0.15, -0.1) is 0 Å². The molecule has 0 spiro atoms. The standard InChI is InChI=1S/C6H5.S.Sn/c1-2-4-6-5-3-1;;/h1-5H;;. The van der Waals surface area contributed by atoms with Crippen molar-refractivity contribution < 1.29 is 0 Å². The van der Waals surface area contributed by atoms with Gasteiger partial charge < -0.3 is 0 Å². The van der Waals surface area contributed by atoms with Crippen molar-refractivity contribution in [3.8, 4) is 0 Å². The molecule has 0 aromatic heterocycles. The van der Waals surface area contributed by atoms with E-state index in [1.165, 1.54) is 3.58 Å². The van der Waals surface area contributed by atoms with Gasteiger partial charge in [0.05, 0.1) is 0 Å². The van der Waals surface area contributed by atoms with Gasteiger partial charge in [-0.2, -0.15) is 0 Å². The van der Waals surface area contributed by atoms with Gasteiger partial charge in [0.2, 0.25) is 0 Å². The summed E-state index contributed by atoms with van der Waals surface area (Å²) in [7, 11) is 4.99. The normalized spacial score (nSPS) is 8.50. The fourth-order valence-corrected chi connectivity index (χ4v) is 2.36. The van der Waals surface area contributed by atoms with Crippen LogP contribution in [0.2, 0.25) is 0 Å². The Labute approximate surface area is 62.3 Å². The van der Waals surface area contributed by atoms with Gasteiger partial charge in [0.15, 0.2) is 0 Å². The zero-order valence-corrected chi connectivity index (χ0v) is 7.97. The van der Waals surface area contributed by atoms with Crippen molar-refractivity contribution in [3.63, 3.8) is 0 Å². The first-order valence-corrected chi connectivity index (χ1v) is 7.70. The summed E-state index contributed by atoms with van der Waals surface area (Å²) in [5, 5.41) is 0. The summed E-state index contributed by atoms with van der Waals surface area (Å²) in [6.45, 7) is 0. The van der Waals surface area contributed by atoms with Crippen molar-refractivity contribution in [2.45, 2.75) is 0 Å². The Balaban J connectivity index is 2.99. The SMILES string of the molecule is [S]=[Sn][c]1ccccc1. The Kier molecular flexibility index (Phi) is 2.62. The Morgan fingerprint density at radius 1 is 1.12 bits per heavy atom. The third-order valence-electron chi connectivity index (χ3n) is 0.892. The van der Waals surface area contributed by atoms with Crippen molar-refractivity contribution in [3.05, 3.63) is 30.3 Å². The first-order chi connectivity index (χ1) is 3.93. The van der Waals surface area contributed by atoms with Crippen LogP contribution in [0.1, 0.15) is 0 Å². The molecule has 1 aromatic rings.